The van der Waals surface area contributed by atoms with Gasteiger partial charge in [-0.15, -0.1) is 9.58 Å². The molecule has 0 spiro atoms. The maximum atomic E-state index is 11.8. The van der Waals surface area contributed by atoms with E-state index in [1.807, 2.05) is 0 Å². The Morgan fingerprint density at radius 3 is 2.62 bits per heavy atom. The Balaban J connectivity index is 2.47. The van der Waals surface area contributed by atoms with Crippen LogP contribution in [0, 0.1) is 0 Å². The van der Waals surface area contributed by atoms with Crippen molar-refractivity contribution in [3.8, 4) is 0 Å². The molecule has 3 nitrogen and oxygen atoms in total. The fraction of sp³-hybridized carbons (Fsp3) is 0.667. The van der Waals surface area contributed by atoms with Crippen LogP contribution in [0.3, 0.4) is 0 Å². The van der Waals surface area contributed by atoms with Crippen molar-refractivity contribution in [2.24, 2.45) is 5.10 Å². The van der Waals surface area contributed by atoms with Gasteiger partial charge in [-0.05, 0) is 10.6 Å². The van der Waals surface area contributed by atoms with E-state index in [9.17, 15) is 8.96 Å². The molecule has 0 fully saturated rings. The second-order valence-electron chi connectivity index (χ2n) is 1.39. The van der Waals surface area contributed by atoms with Crippen LogP contribution >= 0.6 is 0 Å². The molecule has 1 aliphatic heterocycles. The van der Waals surface area contributed by atoms with E-state index < -0.39 is 0 Å². The molecule has 5 heteroatoms. The first kappa shape index (κ1) is 5.43. The predicted molar refractivity (Wildman–Crippen MR) is 23.9 cm³/mol. The average Bonchev–Trinajstić information content (AvgIpc) is 1.77. The highest BCUT2D eigenvalue weighted by Gasteiger charge is 2.13. The van der Waals surface area contributed by atoms with Gasteiger partial charge in [-0.2, -0.15) is 0 Å². The van der Waals surface area contributed by atoms with Gasteiger partial charge in [0.15, 0.2) is 0 Å². The zero-order chi connectivity index (χ0) is 5.98. The van der Waals surface area contributed by atoms with Crippen LogP contribution in [0.1, 0.15) is 6.42 Å². The van der Waals surface area contributed by atoms with Gasteiger partial charge in [-0.25, -0.2) is 0 Å². The van der Waals surface area contributed by atoms with Gasteiger partial charge in [0, 0.05) is 12.6 Å². The summed E-state index contributed by atoms with van der Waals surface area (Å²) in [5.41, 5.74) is 0. The average molecular weight is 121 g/mol. The molecular formula is C3H5F2N3. The maximum Gasteiger partial charge on any atom is 0.0600 e. The van der Waals surface area contributed by atoms with Crippen molar-refractivity contribution in [1.82, 2.24) is 10.6 Å². The Labute approximate surface area is 45.0 Å². The normalized spacial score (nSPS) is 22.0. The van der Waals surface area contributed by atoms with Crippen LogP contribution in [0.2, 0.25) is 0 Å². The largest absolute Gasteiger partial charge is 0.141 e. The van der Waals surface area contributed by atoms with E-state index in [0.29, 0.717) is 6.42 Å². The minimum absolute atomic E-state index is 0.0417. The predicted octanol–water partition coefficient (Wildman–Crippen LogP) is 0.664. The number of hydrazine groups is 1. The van der Waals surface area contributed by atoms with Gasteiger partial charge in [0.25, 0.3) is 0 Å². The zero-order valence-electron chi connectivity index (χ0n) is 4.09. The van der Waals surface area contributed by atoms with Crippen molar-refractivity contribution in [1.29, 1.82) is 0 Å². The molecule has 0 unspecified atom stereocenters. The molecule has 0 aliphatic carbocycles. The van der Waals surface area contributed by atoms with E-state index in [2.05, 4.69) is 5.10 Å². The first-order valence-electron chi connectivity index (χ1n) is 2.22. The summed E-state index contributed by atoms with van der Waals surface area (Å²) in [6, 6.07) is 0. The van der Waals surface area contributed by atoms with Crippen molar-refractivity contribution in [3.05, 3.63) is 0 Å². The van der Waals surface area contributed by atoms with Gasteiger partial charge in [0.1, 0.15) is 0 Å². The van der Waals surface area contributed by atoms with Crippen molar-refractivity contribution in [3.63, 3.8) is 0 Å². The molecule has 0 saturated heterocycles. The standard InChI is InChI=1S/C3H5F2N3/c4-7-3-1-2-6-8(7)5/h2H,1,3H2. The van der Waals surface area contributed by atoms with E-state index in [4.69, 9.17) is 0 Å². The minimum Gasteiger partial charge on any atom is -0.141 e. The summed E-state index contributed by atoms with van der Waals surface area (Å²) in [5, 5.41) is 2.58. The summed E-state index contributed by atoms with van der Waals surface area (Å²) < 4.78 is 23.6. The van der Waals surface area contributed by atoms with Crippen LogP contribution in [0.5, 0.6) is 0 Å². The topological polar surface area (TPSA) is 18.8 Å². The first-order valence-corrected chi connectivity index (χ1v) is 2.22. The fourth-order valence-corrected chi connectivity index (χ4v) is 0.428. The molecule has 1 aliphatic rings. The van der Waals surface area contributed by atoms with Gasteiger partial charge in [-0.1, -0.05) is 4.48 Å². The molecule has 0 aromatic carbocycles. The highest BCUT2D eigenvalue weighted by atomic mass is 19.2. The molecule has 0 bridgehead atoms. The lowest BCUT2D eigenvalue weighted by Gasteiger charge is -2.16. The van der Waals surface area contributed by atoms with Crippen LogP contribution in [0.15, 0.2) is 5.10 Å². The Hall–Kier alpha value is -0.710. The van der Waals surface area contributed by atoms with Crippen LogP contribution < -0.4 is 0 Å². The summed E-state index contributed by atoms with van der Waals surface area (Å²) in [7, 11) is 0. The first-order chi connectivity index (χ1) is 3.80. The molecule has 0 atom stereocenters. The Morgan fingerprint density at radius 2 is 2.25 bits per heavy atom. The molecular weight excluding hydrogens is 116 g/mol. The SMILES string of the molecule is FN1CCC=NN1F. The third-order valence-electron chi connectivity index (χ3n) is 0.799. The molecule has 8 heavy (non-hydrogen) atoms. The van der Waals surface area contributed by atoms with Crippen LogP contribution in [0.4, 0.5) is 8.96 Å². The number of hydrogen-bond donors (Lipinski definition) is 0. The number of hydrogen-bond acceptors (Lipinski definition) is 3. The van der Waals surface area contributed by atoms with Gasteiger partial charge < -0.3 is 0 Å². The summed E-state index contributed by atoms with van der Waals surface area (Å²) >= 11 is 0. The molecule has 0 saturated carbocycles. The number of hydrazone groups is 1. The van der Waals surface area contributed by atoms with Crippen LogP contribution in [-0.4, -0.2) is 23.3 Å². The fourth-order valence-electron chi connectivity index (χ4n) is 0.428. The molecule has 1 heterocycles. The second-order valence-corrected chi connectivity index (χ2v) is 1.39. The molecule has 0 amide bonds. The molecule has 46 valence electrons. The number of nitrogens with zero attached hydrogens (tertiary/aromatic N) is 3. The molecule has 1 rings (SSSR count). The van der Waals surface area contributed by atoms with Crippen molar-refractivity contribution < 1.29 is 8.96 Å². The lowest BCUT2D eigenvalue weighted by molar-refractivity contribution is -0.273. The lowest BCUT2D eigenvalue weighted by atomic mass is 10.5. The summed E-state index contributed by atoms with van der Waals surface area (Å²) in [6.45, 7) is 0.0417. The smallest absolute Gasteiger partial charge is 0.0600 e. The van der Waals surface area contributed by atoms with E-state index in [1.54, 1.807) is 0 Å². The second kappa shape index (κ2) is 2.04. The van der Waals surface area contributed by atoms with Gasteiger partial charge in [0.2, 0.25) is 0 Å². The molecule has 0 radical (unpaired) electrons. The van der Waals surface area contributed by atoms with Crippen LogP contribution in [0.25, 0.3) is 0 Å². The van der Waals surface area contributed by atoms with E-state index >= 15 is 0 Å². The third-order valence-corrected chi connectivity index (χ3v) is 0.799. The summed E-state index contributed by atoms with van der Waals surface area (Å²) in [6.07, 6.45) is 1.77. The number of halogens is 2. The van der Waals surface area contributed by atoms with Crippen molar-refractivity contribution >= 4 is 6.21 Å². The minimum atomic E-state index is -0.330. The van der Waals surface area contributed by atoms with Gasteiger partial charge in [-0.3, -0.25) is 0 Å². The highest BCUT2D eigenvalue weighted by Crippen LogP contribution is 2.04. The third kappa shape index (κ3) is 0.919. The van der Waals surface area contributed by atoms with E-state index in [-0.39, 0.29) is 17.1 Å². The van der Waals surface area contributed by atoms with Gasteiger partial charge in [0.05, 0.1) is 6.54 Å². The van der Waals surface area contributed by atoms with Crippen molar-refractivity contribution in [2.45, 2.75) is 6.42 Å². The Bertz CT molecular complexity index is 105. The molecule has 0 aromatic rings. The summed E-state index contributed by atoms with van der Waals surface area (Å²) in [5.74, 6) is 0. The molecule has 0 N–H and O–H groups in total. The monoisotopic (exact) mass is 121 g/mol. The quantitative estimate of drug-likeness (QED) is 0.438. The zero-order valence-corrected chi connectivity index (χ0v) is 4.09. The highest BCUT2D eigenvalue weighted by molar-refractivity contribution is 5.57. The Kier molecular flexibility index (Phi) is 1.38. The van der Waals surface area contributed by atoms with Crippen molar-refractivity contribution in [2.75, 3.05) is 6.54 Å². The Morgan fingerprint density at radius 1 is 1.50 bits per heavy atom. The van der Waals surface area contributed by atoms with E-state index in [1.165, 1.54) is 6.21 Å². The maximum absolute atomic E-state index is 11.8. The molecule has 0 aromatic heterocycles. The van der Waals surface area contributed by atoms with Gasteiger partial charge >= 0.3 is 0 Å². The number of rotatable bonds is 0. The lowest BCUT2D eigenvalue weighted by Crippen LogP contribution is -2.29. The van der Waals surface area contributed by atoms with E-state index in [0.717, 1.165) is 0 Å². The summed E-state index contributed by atoms with van der Waals surface area (Å²) in [4.78, 5) is 0. The van der Waals surface area contributed by atoms with Crippen LogP contribution in [-0.2, 0) is 0 Å².